The molecular formula is C27H33N3O3. The summed E-state index contributed by atoms with van der Waals surface area (Å²) in [5.74, 6) is -0.311. The van der Waals surface area contributed by atoms with E-state index in [2.05, 4.69) is 34.5 Å². The van der Waals surface area contributed by atoms with Crippen molar-refractivity contribution in [3.63, 3.8) is 0 Å². The molecule has 2 aliphatic heterocycles. The average Bonchev–Trinajstić information content (AvgIpc) is 3.29. The molecular weight excluding hydrogens is 414 g/mol. The van der Waals surface area contributed by atoms with Crippen LogP contribution in [0.1, 0.15) is 48.0 Å². The molecule has 2 aromatic rings. The van der Waals surface area contributed by atoms with E-state index in [1.54, 1.807) is 29.2 Å². The number of nitrogens with zero attached hydrogens (tertiary/aromatic N) is 2. The molecule has 174 valence electrons. The predicted molar refractivity (Wildman–Crippen MR) is 128 cm³/mol. The lowest BCUT2D eigenvalue weighted by Gasteiger charge is -2.31. The molecule has 2 aromatic carbocycles. The summed E-state index contributed by atoms with van der Waals surface area (Å²) in [6.45, 7) is 4.00. The Morgan fingerprint density at radius 3 is 2.21 bits per heavy atom. The van der Waals surface area contributed by atoms with Gasteiger partial charge in [0.25, 0.3) is 5.91 Å². The van der Waals surface area contributed by atoms with Crippen LogP contribution in [-0.2, 0) is 16.1 Å². The minimum atomic E-state index is -0.439. The number of rotatable bonds is 8. The Morgan fingerprint density at radius 2 is 1.52 bits per heavy atom. The SMILES string of the molecule is O=C(CCC1CCN(C(=O)C(=O)c2ccccc2)CC1)N[C@H]1CCN(Cc2ccccc2)C1. The fourth-order valence-electron chi connectivity index (χ4n) is 4.85. The van der Waals surface area contributed by atoms with Crippen molar-refractivity contribution in [3.05, 3.63) is 71.8 Å². The van der Waals surface area contributed by atoms with E-state index >= 15 is 0 Å². The first-order chi connectivity index (χ1) is 16.1. The van der Waals surface area contributed by atoms with E-state index in [-0.39, 0.29) is 11.9 Å². The number of nitrogens with one attached hydrogen (secondary N) is 1. The number of benzene rings is 2. The number of likely N-dealkylation sites (tertiary alicyclic amines) is 2. The summed E-state index contributed by atoms with van der Waals surface area (Å²) in [6, 6.07) is 19.4. The Balaban J connectivity index is 1.13. The second-order valence-corrected chi connectivity index (χ2v) is 9.24. The molecule has 6 nitrogen and oxygen atoms in total. The Morgan fingerprint density at radius 1 is 0.848 bits per heavy atom. The van der Waals surface area contributed by atoms with Gasteiger partial charge < -0.3 is 10.2 Å². The van der Waals surface area contributed by atoms with Crippen molar-refractivity contribution in [2.45, 2.75) is 44.7 Å². The van der Waals surface area contributed by atoms with Gasteiger partial charge in [0.05, 0.1) is 0 Å². The normalized spacial score (nSPS) is 19.4. The van der Waals surface area contributed by atoms with Gasteiger partial charge in [-0.15, -0.1) is 0 Å². The number of carbonyl (C=O) groups is 3. The van der Waals surface area contributed by atoms with Crippen LogP contribution < -0.4 is 5.32 Å². The molecule has 6 heteroatoms. The van der Waals surface area contributed by atoms with E-state index in [4.69, 9.17) is 0 Å². The van der Waals surface area contributed by atoms with Crippen molar-refractivity contribution in [1.29, 1.82) is 0 Å². The van der Waals surface area contributed by atoms with Crippen molar-refractivity contribution in [3.8, 4) is 0 Å². The molecule has 2 saturated heterocycles. The molecule has 33 heavy (non-hydrogen) atoms. The van der Waals surface area contributed by atoms with E-state index < -0.39 is 11.7 Å². The largest absolute Gasteiger partial charge is 0.352 e. The van der Waals surface area contributed by atoms with E-state index in [0.717, 1.165) is 45.3 Å². The molecule has 0 radical (unpaired) electrons. The highest BCUT2D eigenvalue weighted by Crippen LogP contribution is 2.23. The van der Waals surface area contributed by atoms with Crippen LogP contribution >= 0.6 is 0 Å². The summed E-state index contributed by atoms with van der Waals surface area (Å²) >= 11 is 0. The zero-order valence-electron chi connectivity index (χ0n) is 19.1. The lowest BCUT2D eigenvalue weighted by atomic mass is 9.91. The molecule has 0 aromatic heterocycles. The zero-order valence-corrected chi connectivity index (χ0v) is 19.1. The first kappa shape index (κ1) is 23.2. The molecule has 0 spiro atoms. The minimum absolute atomic E-state index is 0.124. The van der Waals surface area contributed by atoms with Gasteiger partial charge >= 0.3 is 0 Å². The number of hydrogen-bond donors (Lipinski definition) is 1. The number of carbonyl (C=O) groups excluding carboxylic acids is 3. The van der Waals surface area contributed by atoms with Crippen LogP contribution in [0.2, 0.25) is 0 Å². The monoisotopic (exact) mass is 447 g/mol. The van der Waals surface area contributed by atoms with E-state index in [9.17, 15) is 14.4 Å². The van der Waals surface area contributed by atoms with Gasteiger partial charge in [-0.3, -0.25) is 19.3 Å². The maximum Gasteiger partial charge on any atom is 0.294 e. The van der Waals surface area contributed by atoms with Crippen molar-refractivity contribution in [2.24, 2.45) is 5.92 Å². The topological polar surface area (TPSA) is 69.7 Å². The van der Waals surface area contributed by atoms with E-state index in [1.165, 1.54) is 5.56 Å². The third kappa shape index (κ3) is 6.51. The van der Waals surface area contributed by atoms with E-state index in [0.29, 0.717) is 31.0 Å². The van der Waals surface area contributed by atoms with Crippen LogP contribution in [-0.4, -0.2) is 59.6 Å². The highest BCUT2D eigenvalue weighted by molar-refractivity contribution is 6.42. The average molecular weight is 448 g/mol. The van der Waals surface area contributed by atoms with Crippen LogP contribution in [0.3, 0.4) is 0 Å². The van der Waals surface area contributed by atoms with Crippen molar-refractivity contribution in [1.82, 2.24) is 15.1 Å². The lowest BCUT2D eigenvalue weighted by Crippen LogP contribution is -2.42. The maximum atomic E-state index is 12.5. The second kappa shape index (κ2) is 11.2. The summed E-state index contributed by atoms with van der Waals surface area (Å²) in [5, 5.41) is 3.20. The van der Waals surface area contributed by atoms with Gasteiger partial charge in [-0.2, -0.15) is 0 Å². The number of hydrogen-bond acceptors (Lipinski definition) is 4. The first-order valence-corrected chi connectivity index (χ1v) is 12.0. The van der Waals surface area contributed by atoms with Crippen molar-refractivity contribution >= 4 is 17.6 Å². The molecule has 2 aliphatic rings. The molecule has 1 N–H and O–H groups in total. The Bertz CT molecular complexity index is 940. The summed E-state index contributed by atoms with van der Waals surface area (Å²) in [7, 11) is 0. The van der Waals surface area contributed by atoms with Crippen molar-refractivity contribution in [2.75, 3.05) is 26.2 Å². The Kier molecular flexibility index (Phi) is 7.89. The number of Topliss-reactive ketones (excluding diaryl/α,β-unsaturated/α-hetero) is 1. The van der Waals surface area contributed by atoms with Gasteiger partial charge in [0.2, 0.25) is 11.7 Å². The third-order valence-electron chi connectivity index (χ3n) is 6.80. The Hall–Kier alpha value is -2.99. The van der Waals surface area contributed by atoms with Gasteiger partial charge in [0.15, 0.2) is 0 Å². The number of amides is 2. The molecule has 0 aliphatic carbocycles. The van der Waals surface area contributed by atoms with Gasteiger partial charge in [-0.05, 0) is 37.2 Å². The highest BCUT2D eigenvalue weighted by Gasteiger charge is 2.28. The maximum absolute atomic E-state index is 12.5. The van der Waals surface area contributed by atoms with Crippen LogP contribution in [0.25, 0.3) is 0 Å². The van der Waals surface area contributed by atoms with Gasteiger partial charge in [0, 0.05) is 50.7 Å². The Labute approximate surface area is 196 Å². The van der Waals surface area contributed by atoms with Crippen LogP contribution in [0.15, 0.2) is 60.7 Å². The standard InChI is InChI=1S/C27H33N3O3/c31-25(28-24-15-16-29(20-24)19-22-7-3-1-4-8-22)12-11-21-13-17-30(18-14-21)27(33)26(32)23-9-5-2-6-10-23/h1-10,21,24H,11-20H2,(H,28,31)/t24-/m0/s1. The van der Waals surface area contributed by atoms with Gasteiger partial charge in [0.1, 0.15) is 0 Å². The predicted octanol–water partition coefficient (Wildman–Crippen LogP) is 3.28. The fraction of sp³-hybridized carbons (Fsp3) is 0.444. The van der Waals surface area contributed by atoms with Gasteiger partial charge in [-0.1, -0.05) is 60.7 Å². The molecule has 2 fully saturated rings. The van der Waals surface area contributed by atoms with Crippen LogP contribution in [0, 0.1) is 5.92 Å². The summed E-state index contributed by atoms with van der Waals surface area (Å²) in [5.41, 5.74) is 1.75. The minimum Gasteiger partial charge on any atom is -0.352 e. The molecule has 2 amide bonds. The van der Waals surface area contributed by atoms with Crippen molar-refractivity contribution < 1.29 is 14.4 Å². The molecule has 1 atom stereocenters. The summed E-state index contributed by atoms with van der Waals surface area (Å²) in [4.78, 5) is 41.4. The van der Waals surface area contributed by atoms with Crippen LogP contribution in [0.4, 0.5) is 0 Å². The smallest absolute Gasteiger partial charge is 0.294 e. The third-order valence-corrected chi connectivity index (χ3v) is 6.80. The van der Waals surface area contributed by atoms with Crippen LogP contribution in [0.5, 0.6) is 0 Å². The lowest BCUT2D eigenvalue weighted by molar-refractivity contribution is -0.128. The molecule has 0 unspecified atom stereocenters. The quantitative estimate of drug-likeness (QED) is 0.498. The van der Waals surface area contributed by atoms with E-state index in [1.807, 2.05) is 12.1 Å². The summed E-state index contributed by atoms with van der Waals surface area (Å²) < 4.78 is 0. The molecule has 0 saturated carbocycles. The number of ketones is 1. The highest BCUT2D eigenvalue weighted by atomic mass is 16.2. The molecule has 0 bridgehead atoms. The first-order valence-electron chi connectivity index (χ1n) is 12.0. The zero-order chi connectivity index (χ0) is 23.0. The van der Waals surface area contributed by atoms with Gasteiger partial charge in [-0.25, -0.2) is 0 Å². The second-order valence-electron chi connectivity index (χ2n) is 9.24. The summed E-state index contributed by atoms with van der Waals surface area (Å²) in [6.07, 6.45) is 4.04. The fourth-order valence-corrected chi connectivity index (χ4v) is 4.85. The molecule has 4 rings (SSSR count). The molecule has 2 heterocycles. The number of piperidine rings is 1.